The molecule has 1 amide bonds. The fourth-order valence-electron chi connectivity index (χ4n) is 2.66. The zero-order valence-corrected chi connectivity index (χ0v) is 15.6. The molecule has 1 N–H and O–H groups in total. The average Bonchev–Trinajstić information content (AvgIpc) is 2.64. The van der Waals surface area contributed by atoms with E-state index in [-0.39, 0.29) is 11.2 Å². The van der Waals surface area contributed by atoms with Gasteiger partial charge in [0.05, 0.1) is 29.8 Å². The fourth-order valence-corrected chi connectivity index (χ4v) is 3.66. The summed E-state index contributed by atoms with van der Waals surface area (Å²) in [6.45, 7) is 5.01. The van der Waals surface area contributed by atoms with Crippen LogP contribution in [0.2, 0.25) is 5.02 Å². The number of rotatable bonds is 5. The Morgan fingerprint density at radius 1 is 1.16 bits per heavy atom. The summed E-state index contributed by atoms with van der Waals surface area (Å²) in [4.78, 5) is 15.9. The minimum atomic E-state index is -0.209. The van der Waals surface area contributed by atoms with Crippen LogP contribution in [-0.4, -0.2) is 37.5 Å². The minimum Gasteiger partial charge on any atom is -0.378 e. The molecule has 25 heavy (non-hydrogen) atoms. The van der Waals surface area contributed by atoms with Gasteiger partial charge in [-0.1, -0.05) is 23.7 Å². The molecule has 3 rings (SSSR count). The molecule has 0 radical (unpaired) electrons. The third-order valence-corrected chi connectivity index (χ3v) is 5.37. The number of para-hydroxylation sites is 2. The van der Waals surface area contributed by atoms with Crippen LogP contribution in [0.4, 0.5) is 11.4 Å². The molecule has 2 aromatic rings. The summed E-state index contributed by atoms with van der Waals surface area (Å²) in [5.74, 6) is -0.0133. The summed E-state index contributed by atoms with van der Waals surface area (Å²) in [7, 11) is 0. The van der Waals surface area contributed by atoms with Crippen molar-refractivity contribution in [3.8, 4) is 0 Å². The Balaban J connectivity index is 1.66. The van der Waals surface area contributed by atoms with E-state index in [1.54, 1.807) is 0 Å². The van der Waals surface area contributed by atoms with Crippen molar-refractivity contribution in [2.24, 2.45) is 0 Å². The zero-order valence-electron chi connectivity index (χ0n) is 14.1. The van der Waals surface area contributed by atoms with Crippen LogP contribution in [0.1, 0.15) is 6.92 Å². The van der Waals surface area contributed by atoms with Crippen molar-refractivity contribution >= 4 is 40.6 Å². The van der Waals surface area contributed by atoms with E-state index < -0.39 is 0 Å². The van der Waals surface area contributed by atoms with E-state index in [9.17, 15) is 4.79 Å². The predicted molar refractivity (Wildman–Crippen MR) is 105 cm³/mol. The van der Waals surface area contributed by atoms with Crippen LogP contribution in [0.3, 0.4) is 0 Å². The molecule has 0 saturated carbocycles. The fraction of sp³-hybridized carbons (Fsp3) is 0.316. The lowest BCUT2D eigenvalue weighted by atomic mass is 10.2. The van der Waals surface area contributed by atoms with E-state index >= 15 is 0 Å². The second-order valence-corrected chi connectivity index (χ2v) is 7.67. The second kappa shape index (κ2) is 8.61. The summed E-state index contributed by atoms with van der Waals surface area (Å²) in [6, 6.07) is 15.4. The van der Waals surface area contributed by atoms with Gasteiger partial charge in [-0.2, -0.15) is 0 Å². The van der Waals surface area contributed by atoms with Crippen LogP contribution in [0.15, 0.2) is 53.4 Å². The monoisotopic (exact) mass is 376 g/mol. The number of hydrogen-bond donors (Lipinski definition) is 1. The summed E-state index contributed by atoms with van der Waals surface area (Å²) in [5.41, 5.74) is 1.89. The van der Waals surface area contributed by atoms with E-state index in [2.05, 4.69) is 10.2 Å². The van der Waals surface area contributed by atoms with Gasteiger partial charge in [-0.15, -0.1) is 11.8 Å². The smallest absolute Gasteiger partial charge is 0.237 e. The van der Waals surface area contributed by atoms with Gasteiger partial charge in [-0.3, -0.25) is 4.79 Å². The Hall–Kier alpha value is -1.69. The summed E-state index contributed by atoms with van der Waals surface area (Å²) in [5, 5.41) is 3.56. The van der Waals surface area contributed by atoms with Gasteiger partial charge in [0.1, 0.15) is 0 Å². The van der Waals surface area contributed by atoms with Crippen LogP contribution in [0, 0.1) is 0 Å². The maximum atomic E-state index is 12.6. The van der Waals surface area contributed by atoms with Gasteiger partial charge in [0.25, 0.3) is 0 Å². The highest BCUT2D eigenvalue weighted by atomic mass is 35.5. The number of morpholine rings is 1. The first-order valence-electron chi connectivity index (χ1n) is 8.28. The van der Waals surface area contributed by atoms with Crippen LogP contribution < -0.4 is 10.2 Å². The molecule has 4 nitrogen and oxygen atoms in total. The van der Waals surface area contributed by atoms with Crippen molar-refractivity contribution in [3.05, 3.63) is 53.6 Å². The zero-order chi connectivity index (χ0) is 17.6. The summed E-state index contributed by atoms with van der Waals surface area (Å²) >= 11 is 7.42. The van der Waals surface area contributed by atoms with Gasteiger partial charge in [0.15, 0.2) is 0 Å². The lowest BCUT2D eigenvalue weighted by Gasteiger charge is -2.30. The van der Waals surface area contributed by atoms with Gasteiger partial charge < -0.3 is 15.0 Å². The van der Waals surface area contributed by atoms with E-state index in [1.807, 2.05) is 55.5 Å². The maximum Gasteiger partial charge on any atom is 0.237 e. The Kier molecular flexibility index (Phi) is 6.24. The lowest BCUT2D eigenvalue weighted by Crippen LogP contribution is -2.37. The van der Waals surface area contributed by atoms with Gasteiger partial charge in [0, 0.05) is 23.0 Å². The molecule has 0 aromatic heterocycles. The number of thioether (sulfide) groups is 1. The quantitative estimate of drug-likeness (QED) is 0.790. The molecular formula is C19H21ClN2O2S. The van der Waals surface area contributed by atoms with Gasteiger partial charge in [-0.05, 0) is 43.3 Å². The molecule has 1 aliphatic heterocycles. The van der Waals surface area contributed by atoms with Crippen LogP contribution in [0.25, 0.3) is 0 Å². The molecule has 1 saturated heterocycles. The van der Waals surface area contributed by atoms with E-state index in [0.717, 1.165) is 29.4 Å². The molecule has 1 heterocycles. The highest BCUT2D eigenvalue weighted by Crippen LogP contribution is 2.29. The number of halogens is 1. The number of amides is 1. The van der Waals surface area contributed by atoms with Crippen molar-refractivity contribution < 1.29 is 9.53 Å². The van der Waals surface area contributed by atoms with Gasteiger partial charge >= 0.3 is 0 Å². The molecule has 1 atom stereocenters. The standard InChI is InChI=1S/C19H21ClN2O2S/c1-14(25-16-8-6-15(20)7-9-16)19(23)21-17-4-2-3-5-18(17)22-10-12-24-13-11-22/h2-9,14H,10-13H2,1H3,(H,21,23). The Morgan fingerprint density at radius 2 is 1.84 bits per heavy atom. The SMILES string of the molecule is CC(Sc1ccc(Cl)cc1)C(=O)Nc1ccccc1N1CCOCC1. The molecule has 6 heteroatoms. The third kappa shape index (κ3) is 4.91. The van der Waals surface area contributed by atoms with Gasteiger partial charge in [-0.25, -0.2) is 0 Å². The molecule has 0 aliphatic carbocycles. The second-order valence-electron chi connectivity index (χ2n) is 5.82. The summed E-state index contributed by atoms with van der Waals surface area (Å²) in [6.07, 6.45) is 0. The van der Waals surface area contributed by atoms with Crippen LogP contribution in [-0.2, 0) is 9.53 Å². The molecule has 0 bridgehead atoms. The normalized spacial score (nSPS) is 15.7. The van der Waals surface area contributed by atoms with Crippen LogP contribution in [0.5, 0.6) is 0 Å². The minimum absolute atomic E-state index is 0.0133. The lowest BCUT2D eigenvalue weighted by molar-refractivity contribution is -0.115. The molecule has 2 aromatic carbocycles. The first-order valence-corrected chi connectivity index (χ1v) is 9.54. The van der Waals surface area contributed by atoms with Crippen LogP contribution >= 0.6 is 23.4 Å². The number of hydrogen-bond acceptors (Lipinski definition) is 4. The molecule has 1 unspecified atom stereocenters. The molecule has 132 valence electrons. The Labute approximate surface area is 157 Å². The van der Waals surface area contributed by atoms with E-state index in [1.165, 1.54) is 11.8 Å². The highest BCUT2D eigenvalue weighted by molar-refractivity contribution is 8.00. The average molecular weight is 377 g/mol. The number of carbonyl (C=O) groups excluding carboxylic acids is 1. The van der Waals surface area contributed by atoms with E-state index in [0.29, 0.717) is 18.2 Å². The largest absolute Gasteiger partial charge is 0.378 e. The number of carbonyl (C=O) groups is 1. The molecule has 1 fully saturated rings. The molecular weight excluding hydrogens is 356 g/mol. The first kappa shape index (κ1) is 18.1. The van der Waals surface area contributed by atoms with E-state index in [4.69, 9.17) is 16.3 Å². The van der Waals surface area contributed by atoms with Crippen molar-refractivity contribution in [2.45, 2.75) is 17.1 Å². The van der Waals surface area contributed by atoms with Crippen molar-refractivity contribution in [3.63, 3.8) is 0 Å². The number of nitrogens with one attached hydrogen (secondary N) is 1. The highest BCUT2D eigenvalue weighted by Gasteiger charge is 2.19. The predicted octanol–water partition coefficient (Wildman–Crippen LogP) is 4.30. The number of anilines is 2. The number of nitrogens with zero attached hydrogens (tertiary/aromatic N) is 1. The molecule has 0 spiro atoms. The van der Waals surface area contributed by atoms with Gasteiger partial charge in [0.2, 0.25) is 5.91 Å². The van der Waals surface area contributed by atoms with Crippen molar-refractivity contribution in [2.75, 3.05) is 36.5 Å². The third-order valence-electron chi connectivity index (χ3n) is 4.01. The topological polar surface area (TPSA) is 41.6 Å². The number of benzene rings is 2. The summed E-state index contributed by atoms with van der Waals surface area (Å²) < 4.78 is 5.41. The maximum absolute atomic E-state index is 12.6. The van der Waals surface area contributed by atoms with Crippen molar-refractivity contribution in [1.29, 1.82) is 0 Å². The Bertz CT molecular complexity index is 718. The Morgan fingerprint density at radius 3 is 2.56 bits per heavy atom. The first-order chi connectivity index (χ1) is 12.1. The molecule has 1 aliphatic rings. The van der Waals surface area contributed by atoms with Crippen molar-refractivity contribution in [1.82, 2.24) is 0 Å². The number of ether oxygens (including phenoxy) is 1.